The first-order chi connectivity index (χ1) is 17.4. The Kier molecular flexibility index (Phi) is 7.78. The monoisotopic (exact) mass is 488 g/mol. The van der Waals surface area contributed by atoms with Crippen molar-refractivity contribution in [2.24, 2.45) is 0 Å². The van der Waals surface area contributed by atoms with Crippen molar-refractivity contribution in [3.8, 4) is 11.8 Å². The van der Waals surface area contributed by atoms with E-state index in [1.54, 1.807) is 0 Å². The molecule has 2 heterocycles. The van der Waals surface area contributed by atoms with Crippen LogP contribution >= 0.6 is 0 Å². The van der Waals surface area contributed by atoms with Crippen molar-refractivity contribution in [3.05, 3.63) is 77.2 Å². The van der Waals surface area contributed by atoms with Crippen molar-refractivity contribution >= 4 is 23.3 Å². The van der Waals surface area contributed by atoms with E-state index >= 15 is 0 Å². The van der Waals surface area contributed by atoms with Gasteiger partial charge in [0.2, 0.25) is 11.8 Å². The van der Waals surface area contributed by atoms with Gasteiger partial charge in [-0.15, -0.1) is 0 Å². The largest absolute Gasteiger partial charge is 0.325 e. The normalized spacial score (nSPS) is 14.3. The lowest BCUT2D eigenvalue weighted by Crippen LogP contribution is -2.50. The average Bonchev–Trinajstić information content (AvgIpc) is 3.10. The summed E-state index contributed by atoms with van der Waals surface area (Å²) in [6, 6.07) is 17.5. The van der Waals surface area contributed by atoms with Crippen LogP contribution in [0.2, 0.25) is 0 Å². The van der Waals surface area contributed by atoms with Gasteiger partial charge >= 0.3 is 0 Å². The third kappa shape index (κ3) is 5.79. The second-order valence-electron chi connectivity index (χ2n) is 8.87. The van der Waals surface area contributed by atoms with Crippen LogP contribution in [0.3, 0.4) is 0 Å². The second-order valence-corrected chi connectivity index (χ2v) is 8.87. The molecule has 2 N–H and O–H groups in total. The van der Waals surface area contributed by atoms with E-state index < -0.39 is 0 Å². The van der Waals surface area contributed by atoms with Crippen LogP contribution in [0.25, 0.3) is 5.69 Å². The van der Waals surface area contributed by atoms with Crippen molar-refractivity contribution in [2.45, 2.75) is 13.8 Å². The fourth-order valence-electron chi connectivity index (χ4n) is 4.38. The van der Waals surface area contributed by atoms with Gasteiger partial charge in [-0.3, -0.25) is 24.0 Å². The Morgan fingerprint density at radius 2 is 1.44 bits per heavy atom. The highest BCUT2D eigenvalue weighted by atomic mass is 19.1. The van der Waals surface area contributed by atoms with Gasteiger partial charge in [0.05, 0.1) is 18.7 Å². The zero-order valence-corrected chi connectivity index (χ0v) is 20.4. The average molecular weight is 489 g/mol. The molecule has 1 aromatic heterocycles. The van der Waals surface area contributed by atoms with Crippen LogP contribution in [0.5, 0.6) is 0 Å². The molecule has 1 aliphatic rings. The predicted octanol–water partition coefficient (Wildman–Crippen LogP) is 3.30. The van der Waals surface area contributed by atoms with Crippen LogP contribution in [0.15, 0.2) is 54.6 Å². The number of hydrogen-bond donors (Lipinski definition) is 2. The number of rotatable bonds is 7. The maximum atomic E-state index is 13.0. The summed E-state index contributed by atoms with van der Waals surface area (Å²) in [6.07, 6.45) is 0. The first-order valence-electron chi connectivity index (χ1n) is 11.8. The van der Waals surface area contributed by atoms with Crippen molar-refractivity contribution in [1.82, 2.24) is 14.4 Å². The fourth-order valence-corrected chi connectivity index (χ4v) is 4.38. The van der Waals surface area contributed by atoms with Crippen molar-refractivity contribution < 1.29 is 14.0 Å². The number of halogens is 1. The molecule has 9 heteroatoms. The smallest absolute Gasteiger partial charge is 0.239 e. The van der Waals surface area contributed by atoms with Crippen molar-refractivity contribution in [2.75, 3.05) is 49.9 Å². The number of nitriles is 1. The van der Waals surface area contributed by atoms with Gasteiger partial charge in [-0.25, -0.2) is 4.39 Å². The van der Waals surface area contributed by atoms with Crippen molar-refractivity contribution in [1.29, 1.82) is 5.26 Å². The summed E-state index contributed by atoms with van der Waals surface area (Å²) in [5.74, 6) is -0.219. The Morgan fingerprint density at radius 3 is 2.00 bits per heavy atom. The maximum absolute atomic E-state index is 13.0. The van der Waals surface area contributed by atoms with Crippen LogP contribution in [0.1, 0.15) is 16.8 Å². The molecule has 0 bridgehead atoms. The molecule has 186 valence electrons. The number of anilines is 2. The summed E-state index contributed by atoms with van der Waals surface area (Å²) in [7, 11) is 0. The van der Waals surface area contributed by atoms with E-state index in [0.717, 1.165) is 16.9 Å². The van der Waals surface area contributed by atoms with Crippen molar-refractivity contribution in [3.63, 3.8) is 0 Å². The molecule has 1 saturated heterocycles. The van der Waals surface area contributed by atoms with E-state index in [9.17, 15) is 19.2 Å². The molecular formula is C27H29FN6O2. The quantitative estimate of drug-likeness (QED) is 0.532. The van der Waals surface area contributed by atoms with Gasteiger partial charge in [0.1, 0.15) is 17.7 Å². The van der Waals surface area contributed by atoms with Crippen LogP contribution in [0, 0.1) is 31.0 Å². The third-order valence-electron chi connectivity index (χ3n) is 6.42. The molecule has 3 aromatic rings. The predicted molar refractivity (Wildman–Crippen MR) is 136 cm³/mol. The molecule has 0 saturated carbocycles. The van der Waals surface area contributed by atoms with Gasteiger partial charge in [0.25, 0.3) is 0 Å². The van der Waals surface area contributed by atoms with E-state index in [1.165, 1.54) is 24.3 Å². The van der Waals surface area contributed by atoms with E-state index in [2.05, 4.69) is 16.7 Å². The number of para-hydroxylation sites is 1. The highest BCUT2D eigenvalue weighted by Gasteiger charge is 2.24. The third-order valence-corrected chi connectivity index (χ3v) is 6.42. The van der Waals surface area contributed by atoms with Gasteiger partial charge < -0.3 is 10.6 Å². The Balaban J connectivity index is 1.32. The molecule has 1 aliphatic heterocycles. The zero-order valence-electron chi connectivity index (χ0n) is 20.4. The summed E-state index contributed by atoms with van der Waals surface area (Å²) in [4.78, 5) is 29.3. The Labute approximate surface area is 209 Å². The standard InChI is InChI=1S/C27H29FN6O2/c1-19-20(2)34(23-6-4-3-5-7-23)27(24(19)16-29)31-26(36)18-33-14-12-32(13-15-33)17-25(35)30-22-10-8-21(28)9-11-22/h3-11H,12-15,17-18H2,1-2H3,(H,30,35)(H,31,36). The van der Waals surface area contributed by atoms with Crippen LogP contribution in [-0.4, -0.2) is 65.4 Å². The van der Waals surface area contributed by atoms with Gasteiger partial charge in [0.15, 0.2) is 0 Å². The number of aromatic nitrogens is 1. The molecule has 0 radical (unpaired) electrons. The number of nitrogens with zero attached hydrogens (tertiary/aromatic N) is 4. The molecule has 8 nitrogen and oxygen atoms in total. The number of benzene rings is 2. The molecule has 2 aromatic carbocycles. The van der Waals surface area contributed by atoms with Gasteiger partial charge in [0, 0.05) is 43.2 Å². The topological polar surface area (TPSA) is 93.4 Å². The van der Waals surface area contributed by atoms with Gasteiger partial charge in [-0.2, -0.15) is 5.26 Å². The summed E-state index contributed by atoms with van der Waals surface area (Å²) < 4.78 is 14.9. The van der Waals surface area contributed by atoms with Crippen LogP contribution < -0.4 is 10.6 Å². The molecule has 0 spiro atoms. The van der Waals surface area contributed by atoms with Gasteiger partial charge in [-0.05, 0) is 55.8 Å². The number of amides is 2. The number of piperazine rings is 1. The molecule has 4 rings (SSSR count). The minimum atomic E-state index is -0.351. The van der Waals surface area contributed by atoms with E-state index in [-0.39, 0.29) is 30.7 Å². The highest BCUT2D eigenvalue weighted by Crippen LogP contribution is 2.29. The summed E-state index contributed by atoms with van der Waals surface area (Å²) in [5, 5.41) is 15.5. The molecule has 2 amide bonds. The Morgan fingerprint density at radius 1 is 0.889 bits per heavy atom. The molecule has 0 atom stereocenters. The number of carbonyl (C=O) groups excluding carboxylic acids is 2. The lowest BCUT2D eigenvalue weighted by atomic mass is 10.2. The van der Waals surface area contributed by atoms with Crippen LogP contribution in [0.4, 0.5) is 15.9 Å². The number of carbonyl (C=O) groups is 2. The Hall–Kier alpha value is -4.00. The first kappa shape index (κ1) is 25.1. The highest BCUT2D eigenvalue weighted by molar-refractivity contribution is 5.94. The summed E-state index contributed by atoms with van der Waals surface area (Å²) in [5.41, 5.74) is 3.63. The van der Waals surface area contributed by atoms with E-state index in [1.807, 2.05) is 58.5 Å². The zero-order chi connectivity index (χ0) is 25.7. The van der Waals surface area contributed by atoms with Gasteiger partial charge in [-0.1, -0.05) is 18.2 Å². The number of nitrogens with one attached hydrogen (secondary N) is 2. The second kappa shape index (κ2) is 11.2. The van der Waals surface area contributed by atoms with E-state index in [0.29, 0.717) is 43.2 Å². The lowest BCUT2D eigenvalue weighted by Gasteiger charge is -2.33. The van der Waals surface area contributed by atoms with Crippen LogP contribution in [-0.2, 0) is 9.59 Å². The number of hydrogen-bond acceptors (Lipinski definition) is 5. The molecular weight excluding hydrogens is 459 g/mol. The van der Waals surface area contributed by atoms with E-state index in [4.69, 9.17) is 0 Å². The minimum absolute atomic E-state index is 0.163. The minimum Gasteiger partial charge on any atom is -0.325 e. The summed E-state index contributed by atoms with van der Waals surface area (Å²) >= 11 is 0. The molecule has 0 unspecified atom stereocenters. The lowest BCUT2D eigenvalue weighted by molar-refractivity contribution is -0.120. The molecule has 0 aliphatic carbocycles. The first-order valence-corrected chi connectivity index (χ1v) is 11.8. The summed E-state index contributed by atoms with van der Waals surface area (Å²) in [6.45, 7) is 6.81. The fraction of sp³-hybridized carbons (Fsp3) is 0.296. The maximum Gasteiger partial charge on any atom is 0.239 e. The Bertz CT molecular complexity index is 1270. The SMILES string of the molecule is Cc1c(C#N)c(NC(=O)CN2CCN(CC(=O)Nc3ccc(F)cc3)CC2)n(-c2ccccc2)c1C. The molecule has 1 fully saturated rings. The molecule has 36 heavy (non-hydrogen) atoms.